The van der Waals surface area contributed by atoms with E-state index >= 15 is 0 Å². The summed E-state index contributed by atoms with van der Waals surface area (Å²) in [4.78, 5) is 4.27. The molecule has 0 N–H and O–H groups in total. The molecule has 0 bridgehead atoms. The van der Waals surface area contributed by atoms with Crippen LogP contribution in [0.25, 0.3) is 10.9 Å². The highest BCUT2D eigenvalue weighted by molar-refractivity contribution is 6.29. The molecule has 1 aliphatic heterocycles. The Morgan fingerprint density at radius 3 is 3.06 bits per heavy atom. The molecule has 82 valence electrons. The zero-order chi connectivity index (χ0) is 11.0. The summed E-state index contributed by atoms with van der Waals surface area (Å²) in [5, 5.41) is 1.50. The molecule has 0 radical (unpaired) electrons. The Bertz CT molecular complexity index is 525. The van der Waals surface area contributed by atoms with Crippen LogP contribution in [-0.4, -0.2) is 24.3 Å². The number of hydrogen-bond donors (Lipinski definition) is 0. The van der Waals surface area contributed by atoms with Gasteiger partial charge in [0.25, 0.3) is 0 Å². The molecule has 1 saturated heterocycles. The summed E-state index contributed by atoms with van der Waals surface area (Å²) >= 11 is 5.87. The molecule has 1 unspecified atom stereocenters. The topological polar surface area (TPSA) is 34.6 Å². The van der Waals surface area contributed by atoms with Gasteiger partial charge in [-0.25, -0.2) is 4.98 Å². The Kier molecular flexibility index (Phi) is 2.42. The summed E-state index contributed by atoms with van der Waals surface area (Å²) in [5.41, 5.74) is 0.802. The van der Waals surface area contributed by atoms with E-state index in [4.69, 9.17) is 21.1 Å². The van der Waals surface area contributed by atoms with Crippen molar-refractivity contribution in [2.75, 3.05) is 13.2 Å². The summed E-state index contributed by atoms with van der Waals surface area (Å²) in [5.74, 6) is 0.760. The van der Waals surface area contributed by atoms with Crippen molar-refractivity contribution >= 4 is 22.5 Å². The summed E-state index contributed by atoms with van der Waals surface area (Å²) in [6, 6.07) is 9.54. The lowest BCUT2D eigenvalue weighted by atomic mass is 10.2. The molecule has 0 aliphatic carbocycles. The van der Waals surface area contributed by atoms with Crippen LogP contribution in [0.4, 0.5) is 0 Å². The average Bonchev–Trinajstić information content (AvgIpc) is 3.10. The van der Waals surface area contributed by atoms with Gasteiger partial charge < -0.3 is 9.47 Å². The number of pyridine rings is 1. The number of ether oxygens (including phenoxy) is 2. The van der Waals surface area contributed by atoms with E-state index < -0.39 is 0 Å². The molecule has 16 heavy (non-hydrogen) atoms. The van der Waals surface area contributed by atoms with Gasteiger partial charge in [-0.1, -0.05) is 23.7 Å². The Balaban J connectivity index is 1.97. The summed E-state index contributed by atoms with van der Waals surface area (Å²) in [6.07, 6.45) is 0.245. The van der Waals surface area contributed by atoms with E-state index in [1.807, 2.05) is 24.3 Å². The highest BCUT2D eigenvalue weighted by Crippen LogP contribution is 2.26. The van der Waals surface area contributed by atoms with E-state index in [1.54, 1.807) is 6.07 Å². The van der Waals surface area contributed by atoms with Gasteiger partial charge in [-0.3, -0.25) is 0 Å². The van der Waals surface area contributed by atoms with Crippen LogP contribution < -0.4 is 4.74 Å². The molecule has 1 aromatic carbocycles. The Hall–Kier alpha value is -1.32. The number of epoxide rings is 1. The summed E-state index contributed by atoms with van der Waals surface area (Å²) in [7, 11) is 0. The van der Waals surface area contributed by atoms with Crippen LogP contribution in [0.15, 0.2) is 30.3 Å². The lowest BCUT2D eigenvalue weighted by molar-refractivity contribution is 0.265. The molecule has 1 atom stereocenters. The first-order valence-electron chi connectivity index (χ1n) is 5.12. The van der Waals surface area contributed by atoms with Crippen molar-refractivity contribution in [3.8, 4) is 5.75 Å². The number of aromatic nitrogens is 1. The predicted octanol–water partition coefficient (Wildman–Crippen LogP) is 2.67. The third-order valence-electron chi connectivity index (χ3n) is 2.48. The summed E-state index contributed by atoms with van der Waals surface area (Å²) < 4.78 is 10.7. The van der Waals surface area contributed by atoms with Gasteiger partial charge in [-0.2, -0.15) is 0 Å². The molecule has 3 rings (SSSR count). The van der Waals surface area contributed by atoms with Gasteiger partial charge in [0.05, 0.1) is 6.61 Å². The van der Waals surface area contributed by atoms with E-state index in [2.05, 4.69) is 4.98 Å². The first kappa shape index (κ1) is 9.87. The molecule has 1 aromatic heterocycles. The molecule has 0 amide bonds. The second-order valence-corrected chi connectivity index (χ2v) is 4.12. The van der Waals surface area contributed by atoms with Gasteiger partial charge in [0, 0.05) is 5.39 Å². The maximum Gasteiger partial charge on any atom is 0.145 e. The van der Waals surface area contributed by atoms with Gasteiger partial charge in [0.2, 0.25) is 0 Å². The SMILES string of the molecule is Clc1ccc2cccc(OCC3CO3)c2n1. The normalized spacial score (nSPS) is 18.7. The van der Waals surface area contributed by atoms with Gasteiger partial charge in [0.1, 0.15) is 29.1 Å². The van der Waals surface area contributed by atoms with E-state index in [-0.39, 0.29) is 6.10 Å². The van der Waals surface area contributed by atoms with Crippen molar-refractivity contribution < 1.29 is 9.47 Å². The van der Waals surface area contributed by atoms with Crippen LogP contribution in [0, 0.1) is 0 Å². The minimum Gasteiger partial charge on any atom is -0.488 e. The number of fused-ring (bicyclic) bond motifs is 1. The minimum absolute atomic E-state index is 0.245. The van der Waals surface area contributed by atoms with Crippen molar-refractivity contribution in [2.45, 2.75) is 6.10 Å². The van der Waals surface area contributed by atoms with Gasteiger partial charge in [-0.05, 0) is 18.2 Å². The van der Waals surface area contributed by atoms with Crippen molar-refractivity contribution in [1.82, 2.24) is 4.98 Å². The fourth-order valence-corrected chi connectivity index (χ4v) is 1.71. The molecule has 4 heteroatoms. The first-order valence-corrected chi connectivity index (χ1v) is 5.50. The molecule has 1 aliphatic rings. The monoisotopic (exact) mass is 235 g/mol. The van der Waals surface area contributed by atoms with Crippen LogP contribution in [0.5, 0.6) is 5.75 Å². The lowest BCUT2D eigenvalue weighted by Crippen LogP contribution is -2.04. The molecule has 3 nitrogen and oxygen atoms in total. The zero-order valence-electron chi connectivity index (χ0n) is 8.52. The van der Waals surface area contributed by atoms with E-state index in [1.165, 1.54) is 0 Å². The third-order valence-corrected chi connectivity index (χ3v) is 2.69. The average molecular weight is 236 g/mol. The molecule has 0 spiro atoms. The van der Waals surface area contributed by atoms with Gasteiger partial charge >= 0.3 is 0 Å². The molecular weight excluding hydrogens is 226 g/mol. The van der Waals surface area contributed by atoms with Gasteiger partial charge in [0.15, 0.2) is 0 Å². The molecule has 2 aromatic rings. The largest absolute Gasteiger partial charge is 0.488 e. The van der Waals surface area contributed by atoms with Crippen molar-refractivity contribution in [1.29, 1.82) is 0 Å². The second-order valence-electron chi connectivity index (χ2n) is 3.73. The first-order chi connectivity index (χ1) is 7.83. The Labute approximate surface area is 98.0 Å². The number of para-hydroxylation sites is 1. The van der Waals surface area contributed by atoms with Crippen LogP contribution in [0.2, 0.25) is 5.15 Å². The molecule has 0 saturated carbocycles. The van der Waals surface area contributed by atoms with Crippen molar-refractivity contribution in [3.05, 3.63) is 35.5 Å². The maximum absolute atomic E-state index is 5.87. The van der Waals surface area contributed by atoms with E-state index in [0.717, 1.165) is 23.3 Å². The lowest BCUT2D eigenvalue weighted by Gasteiger charge is -2.07. The number of hydrogen-bond acceptors (Lipinski definition) is 3. The standard InChI is InChI=1S/C12H10ClNO2/c13-11-5-4-8-2-1-3-10(12(8)14-11)16-7-9-6-15-9/h1-5,9H,6-7H2. The van der Waals surface area contributed by atoms with E-state index in [9.17, 15) is 0 Å². The highest BCUT2D eigenvalue weighted by atomic mass is 35.5. The zero-order valence-corrected chi connectivity index (χ0v) is 9.28. The highest BCUT2D eigenvalue weighted by Gasteiger charge is 2.23. The fraction of sp³-hybridized carbons (Fsp3) is 0.250. The number of nitrogens with zero attached hydrogens (tertiary/aromatic N) is 1. The van der Waals surface area contributed by atoms with Crippen molar-refractivity contribution in [2.24, 2.45) is 0 Å². The summed E-state index contributed by atoms with van der Waals surface area (Å²) in [6.45, 7) is 1.37. The van der Waals surface area contributed by atoms with Crippen molar-refractivity contribution in [3.63, 3.8) is 0 Å². The van der Waals surface area contributed by atoms with Gasteiger partial charge in [-0.15, -0.1) is 0 Å². The molecule has 1 fully saturated rings. The number of halogens is 1. The fourth-order valence-electron chi connectivity index (χ4n) is 1.56. The minimum atomic E-state index is 0.245. The smallest absolute Gasteiger partial charge is 0.145 e. The predicted molar refractivity (Wildman–Crippen MR) is 62.0 cm³/mol. The van der Waals surface area contributed by atoms with E-state index in [0.29, 0.717) is 11.8 Å². The number of rotatable bonds is 3. The third kappa shape index (κ3) is 1.96. The quantitative estimate of drug-likeness (QED) is 0.606. The van der Waals surface area contributed by atoms with Crippen LogP contribution in [0.3, 0.4) is 0 Å². The molecular formula is C12H10ClNO2. The molecule has 2 heterocycles. The van der Waals surface area contributed by atoms with Crippen LogP contribution in [0.1, 0.15) is 0 Å². The van der Waals surface area contributed by atoms with Crippen LogP contribution >= 0.6 is 11.6 Å². The van der Waals surface area contributed by atoms with Crippen LogP contribution in [-0.2, 0) is 4.74 Å². The number of benzene rings is 1. The maximum atomic E-state index is 5.87. The second kappa shape index (κ2) is 3.92. The Morgan fingerprint density at radius 1 is 1.38 bits per heavy atom. The Morgan fingerprint density at radius 2 is 2.25 bits per heavy atom.